The first-order valence-electron chi connectivity index (χ1n) is 31.3. The van der Waals surface area contributed by atoms with E-state index < -0.39 is 59.8 Å². The van der Waals surface area contributed by atoms with E-state index >= 15 is 0 Å². The van der Waals surface area contributed by atoms with E-state index in [2.05, 4.69) is 24.3 Å². The summed E-state index contributed by atoms with van der Waals surface area (Å²) in [5.41, 5.74) is 0.658. The number of anilines is 1. The number of nitrogens with one attached hydrogen (secondary N) is 1. The summed E-state index contributed by atoms with van der Waals surface area (Å²) in [6, 6.07) is 24.5. The predicted molar refractivity (Wildman–Crippen MR) is 323 cm³/mol. The molecule has 1 unspecified atom stereocenters. The third-order valence-electron chi connectivity index (χ3n) is 16.4. The number of rotatable bonds is 32. The number of fused-ring (bicyclic) bond motifs is 1. The van der Waals surface area contributed by atoms with Crippen molar-refractivity contribution < 1.29 is 59.6 Å². The summed E-state index contributed by atoms with van der Waals surface area (Å²) in [4.78, 5) is 77.4. The molecule has 6 aromatic rings. The normalized spacial score (nSPS) is 13.2. The quantitative estimate of drug-likeness (QED) is 0.0143. The topological polar surface area (TPSA) is 152 Å². The lowest BCUT2D eigenvalue weighted by molar-refractivity contribution is -0.174. The molecule has 0 bridgehead atoms. The molecule has 1 aliphatic rings. The van der Waals surface area contributed by atoms with Crippen LogP contribution in [0.25, 0.3) is 22.2 Å². The van der Waals surface area contributed by atoms with Gasteiger partial charge in [0.25, 0.3) is 5.89 Å². The number of amides is 3. The molecule has 87 heavy (non-hydrogen) atoms. The van der Waals surface area contributed by atoms with Crippen LogP contribution in [-0.4, -0.2) is 49.6 Å². The molecule has 12 nitrogen and oxygen atoms in total. The number of hydrogen-bond donors (Lipinski definition) is 1. The van der Waals surface area contributed by atoms with E-state index in [9.17, 15) is 50.3 Å². The van der Waals surface area contributed by atoms with Crippen molar-refractivity contribution in [2.45, 2.75) is 212 Å². The summed E-state index contributed by atoms with van der Waals surface area (Å²) < 4.78 is 93.7. The number of carbonyl (C=O) groups is 5. The van der Waals surface area contributed by atoms with Gasteiger partial charge in [-0.3, -0.25) is 14.4 Å². The van der Waals surface area contributed by atoms with Gasteiger partial charge < -0.3 is 24.4 Å². The summed E-state index contributed by atoms with van der Waals surface area (Å²) >= 11 is 0. The highest BCUT2D eigenvalue weighted by atomic mass is 19.4. The Kier molecular flexibility index (Phi) is 26.0. The Morgan fingerprint density at radius 1 is 0.575 bits per heavy atom. The number of hydrogen-bond acceptors (Lipinski definition) is 9. The number of nitrogens with zero attached hydrogens (tertiary/aromatic N) is 4. The zero-order valence-electron chi connectivity index (χ0n) is 50.3. The Morgan fingerprint density at radius 2 is 1.08 bits per heavy atom. The Labute approximate surface area is 507 Å². The number of halogens is 6. The van der Waals surface area contributed by atoms with Crippen LogP contribution < -0.4 is 5.32 Å². The molecule has 1 atom stereocenters. The Balaban J connectivity index is 1.09. The van der Waals surface area contributed by atoms with Gasteiger partial charge >= 0.3 is 36.1 Å². The number of carbonyl (C=O) groups excluding carboxylic acids is 5. The van der Waals surface area contributed by atoms with Gasteiger partial charge in [0, 0.05) is 43.7 Å². The zero-order chi connectivity index (χ0) is 62.2. The van der Waals surface area contributed by atoms with E-state index in [0.29, 0.717) is 70.2 Å². The number of alkyl halides is 6. The smallest absolute Gasteiger partial charge is 0.378 e. The third-order valence-corrected chi connectivity index (χ3v) is 16.4. The molecule has 0 spiro atoms. The first kappa shape index (κ1) is 67.1. The molecule has 0 aliphatic heterocycles. The van der Waals surface area contributed by atoms with E-state index in [0.717, 1.165) is 104 Å². The first-order valence-corrected chi connectivity index (χ1v) is 31.3. The van der Waals surface area contributed by atoms with Gasteiger partial charge in [-0.15, -0.1) is 0 Å². The molecule has 0 radical (unpaired) electrons. The fourth-order valence-electron chi connectivity index (χ4n) is 11.6. The summed E-state index contributed by atoms with van der Waals surface area (Å²) in [6.45, 7) is 3.34. The first-order chi connectivity index (χ1) is 41.9. The molecule has 1 fully saturated rings. The van der Waals surface area contributed by atoms with Crippen molar-refractivity contribution in [2.75, 3.05) is 5.32 Å². The summed E-state index contributed by atoms with van der Waals surface area (Å²) in [6.07, 6.45) is 15.9. The second-order valence-corrected chi connectivity index (χ2v) is 23.2. The lowest BCUT2D eigenvalue weighted by atomic mass is 9.89. The minimum Gasteiger partial charge on any atom is -0.378 e. The molecule has 0 saturated heterocycles. The summed E-state index contributed by atoms with van der Waals surface area (Å²) in [5.74, 6) is -5.91. The van der Waals surface area contributed by atoms with Crippen LogP contribution in [0, 0.1) is 5.92 Å². The van der Waals surface area contributed by atoms with Crippen LogP contribution in [0.2, 0.25) is 0 Å². The van der Waals surface area contributed by atoms with E-state index in [1.807, 2.05) is 6.07 Å². The average molecular weight is 1210 g/mol. The maximum atomic E-state index is 14.8. The van der Waals surface area contributed by atoms with E-state index in [1.165, 1.54) is 89.2 Å². The van der Waals surface area contributed by atoms with Crippen molar-refractivity contribution in [1.82, 2.24) is 19.9 Å². The lowest BCUT2D eigenvalue weighted by Crippen LogP contribution is -2.44. The van der Waals surface area contributed by atoms with Crippen molar-refractivity contribution in [2.24, 2.45) is 5.92 Å². The molecule has 18 heteroatoms. The molecule has 1 aromatic heterocycles. The van der Waals surface area contributed by atoms with Gasteiger partial charge in [0.2, 0.25) is 5.91 Å². The van der Waals surface area contributed by atoms with Gasteiger partial charge in [-0.2, -0.15) is 31.3 Å². The maximum Gasteiger partial charge on any atom is 0.416 e. The van der Waals surface area contributed by atoms with Gasteiger partial charge in [0.1, 0.15) is 0 Å². The number of unbranched alkanes of at least 4 members (excludes halogenated alkanes) is 17. The van der Waals surface area contributed by atoms with Gasteiger partial charge in [0.05, 0.1) is 17.2 Å². The van der Waals surface area contributed by atoms with Gasteiger partial charge in [0.15, 0.2) is 5.82 Å². The van der Waals surface area contributed by atoms with Crippen LogP contribution in [0.4, 0.5) is 32.0 Å². The number of benzene rings is 5. The number of aryl methyl sites for hydroxylation is 1. The fraction of sp³-hybridized carbons (Fsp3) is 0.493. The van der Waals surface area contributed by atoms with Crippen molar-refractivity contribution in [3.05, 3.63) is 148 Å². The van der Waals surface area contributed by atoms with Crippen LogP contribution in [0.1, 0.15) is 213 Å². The summed E-state index contributed by atoms with van der Waals surface area (Å²) in [5, 5.41) is 8.41. The van der Waals surface area contributed by atoms with Crippen LogP contribution in [0.15, 0.2) is 114 Å². The largest absolute Gasteiger partial charge is 0.416 e. The van der Waals surface area contributed by atoms with E-state index in [-0.39, 0.29) is 36.4 Å². The van der Waals surface area contributed by atoms with Gasteiger partial charge in [-0.1, -0.05) is 208 Å². The van der Waals surface area contributed by atoms with Crippen molar-refractivity contribution in [3.63, 3.8) is 0 Å². The highest BCUT2D eigenvalue weighted by Gasteiger charge is 2.40. The van der Waals surface area contributed by atoms with Crippen molar-refractivity contribution in [3.8, 4) is 11.5 Å². The van der Waals surface area contributed by atoms with Crippen molar-refractivity contribution >= 4 is 46.1 Å². The fourth-order valence-corrected chi connectivity index (χ4v) is 11.6. The van der Waals surface area contributed by atoms with Gasteiger partial charge in [-0.25, -0.2) is 9.59 Å². The molecule has 1 saturated carbocycles. The lowest BCUT2D eigenvalue weighted by Gasteiger charge is -2.36. The van der Waals surface area contributed by atoms with Crippen LogP contribution in [0.3, 0.4) is 0 Å². The predicted octanol–water partition coefficient (Wildman–Crippen LogP) is 17.8. The minimum atomic E-state index is -4.67. The molecule has 5 aromatic carbocycles. The number of esters is 2. The Hall–Kier alpha value is -7.37. The van der Waals surface area contributed by atoms with E-state index in [1.54, 1.807) is 54.6 Å². The second-order valence-electron chi connectivity index (χ2n) is 23.2. The summed E-state index contributed by atoms with van der Waals surface area (Å²) in [7, 11) is 0. The molecular weight excluding hydrogens is 1120 g/mol. The van der Waals surface area contributed by atoms with Crippen molar-refractivity contribution in [1.29, 1.82) is 0 Å². The Bertz CT molecular complexity index is 3140. The highest BCUT2D eigenvalue weighted by molar-refractivity contribution is 6.41. The van der Waals surface area contributed by atoms with Crippen LogP contribution >= 0.6 is 0 Å². The Morgan fingerprint density at radius 3 is 1.66 bits per heavy atom. The minimum absolute atomic E-state index is 0.165. The molecule has 3 amide bonds. The highest BCUT2D eigenvalue weighted by Crippen LogP contribution is 2.42. The molecule has 1 heterocycles. The SMILES string of the molecule is CCCCCCCCCCCCC(=O)Nc1ccc(CN(C(=O)C(=O)OC(=O)C(=O)N(Cc2ccc(C(F)(F)F)cc2)Cc2ccc(-c3nc(CCCCCCCCCCC)no3)c3ccccc23)C(c2ccc(C(F)(F)F)cc2)C2CCCC2)cc1. The maximum absolute atomic E-state index is 14.8. The number of aromatic nitrogens is 2. The molecule has 468 valence electrons. The van der Waals surface area contributed by atoms with Crippen LogP contribution in [-0.2, 0) is 67.1 Å². The molecule has 1 N–H and O–H groups in total. The molecule has 1 aliphatic carbocycles. The zero-order valence-corrected chi connectivity index (χ0v) is 50.3. The third kappa shape index (κ3) is 20.6. The van der Waals surface area contributed by atoms with Gasteiger partial charge in [-0.05, 0) is 107 Å². The second kappa shape index (κ2) is 33.7. The molecular formula is C69H83F6N5O7. The van der Waals surface area contributed by atoms with E-state index in [4.69, 9.17) is 14.2 Å². The molecule has 7 rings (SSSR count). The van der Waals surface area contributed by atoms with Crippen LogP contribution in [0.5, 0.6) is 0 Å². The monoisotopic (exact) mass is 1210 g/mol. The standard InChI is InChI=1S/C69H83F6N5O7/c1-3-5-7-9-11-13-15-17-19-21-31-61(81)76-56-43-34-50(35-44-56)47-80(62(51-26-22-23-27-51)52-36-41-55(42-37-52)69(73,74)75)65(83)67(85)86-66(84)64(82)79(46-49-32-39-54(40-33-49)68(70,71)72)48-53-38-45-59(58-29-25-24-28-57(53)58)63-77-60(78-87-63)30-20-18-16-14-12-10-8-6-4-2/h24-25,28-29,32-45,51,62H,3-23,26-27,30-31,46-48H2,1-2H3,(H,76,81). The number of ether oxygens (including phenoxy) is 1. The average Bonchev–Trinajstić information content (AvgIpc) is 2.10.